The molecule has 2 heterocycles. The number of amides is 1. The van der Waals surface area contributed by atoms with E-state index >= 15 is 0 Å². The van der Waals surface area contributed by atoms with E-state index in [4.69, 9.17) is 5.11 Å². The Hall–Kier alpha value is -3.16. The fraction of sp³-hybridized carbons (Fsp3) is 0.385. The van der Waals surface area contributed by atoms with Crippen LogP contribution in [0.2, 0.25) is 0 Å². The number of rotatable bonds is 10. The molecular formula is C26H31FN4O6S. The molecule has 2 aromatic carbocycles. The van der Waals surface area contributed by atoms with Gasteiger partial charge in [-0.1, -0.05) is 30.3 Å². The smallest absolute Gasteiger partial charge is 0.253 e. The number of hydrogen-bond acceptors (Lipinski definition) is 8. The number of amidine groups is 1. The SMILES string of the molecule is Cc1cc(CNC[C@@H](O)CO)ccc1/C=C/S(=O)(=O)N1CCC2(CC1)N=C(c1cccc(OF)c1)NC2=O. The Kier molecular flexibility index (Phi) is 8.58. The van der Waals surface area contributed by atoms with Crippen LogP contribution in [0, 0.1) is 6.92 Å². The van der Waals surface area contributed by atoms with E-state index in [9.17, 15) is 22.8 Å². The number of benzene rings is 2. The van der Waals surface area contributed by atoms with Gasteiger partial charge in [0, 0.05) is 41.7 Å². The highest BCUT2D eigenvalue weighted by Gasteiger charge is 2.47. The zero-order chi connectivity index (χ0) is 27.3. The number of nitrogens with one attached hydrogen (secondary N) is 2. The lowest BCUT2D eigenvalue weighted by atomic mass is 9.89. The molecule has 1 spiro atoms. The average molecular weight is 547 g/mol. The van der Waals surface area contributed by atoms with Crippen LogP contribution in [0.1, 0.15) is 35.1 Å². The molecule has 12 heteroatoms. The zero-order valence-corrected chi connectivity index (χ0v) is 21.7. The first-order valence-corrected chi connectivity index (χ1v) is 13.7. The Balaban J connectivity index is 1.38. The predicted octanol–water partition coefficient (Wildman–Crippen LogP) is 1.41. The first-order valence-electron chi connectivity index (χ1n) is 12.2. The standard InChI is InChI=1S/C26H31FN4O6S/c1-18-13-19(15-28-16-22(33)17-32)5-6-20(18)7-12-38(35,36)31-10-8-26(9-11-31)25(34)29-24(30-26)21-3-2-4-23(14-21)37-27/h2-7,12-14,22,28,32-33H,8-11,15-17H2,1H3,(H,29,30,34)/b12-7+/t22-/m1/s1. The van der Waals surface area contributed by atoms with E-state index in [0.29, 0.717) is 17.9 Å². The summed E-state index contributed by atoms with van der Waals surface area (Å²) in [5.74, 6) is -0.000868. The molecule has 0 saturated carbocycles. The van der Waals surface area contributed by atoms with Crippen molar-refractivity contribution < 1.29 is 32.9 Å². The van der Waals surface area contributed by atoms with E-state index in [2.05, 4.69) is 20.6 Å². The van der Waals surface area contributed by atoms with Gasteiger partial charge in [-0.3, -0.25) is 14.7 Å². The number of sulfonamides is 1. The molecule has 38 heavy (non-hydrogen) atoms. The van der Waals surface area contributed by atoms with Crippen LogP contribution < -0.4 is 15.6 Å². The third-order valence-corrected chi connectivity index (χ3v) is 8.32. The summed E-state index contributed by atoms with van der Waals surface area (Å²) >= 11 is 0. The number of aryl methyl sites for hydroxylation is 1. The quantitative estimate of drug-likeness (QED) is 0.353. The van der Waals surface area contributed by atoms with Gasteiger partial charge in [-0.2, -0.15) is 4.31 Å². The third-order valence-electron chi connectivity index (χ3n) is 6.76. The molecule has 0 aromatic heterocycles. The van der Waals surface area contributed by atoms with Gasteiger partial charge >= 0.3 is 0 Å². The minimum Gasteiger partial charge on any atom is -0.394 e. The predicted molar refractivity (Wildman–Crippen MR) is 140 cm³/mol. The van der Waals surface area contributed by atoms with Crippen LogP contribution in [0.5, 0.6) is 5.75 Å². The molecular weight excluding hydrogens is 515 g/mol. The number of nitrogens with zero attached hydrogens (tertiary/aromatic N) is 2. The first-order chi connectivity index (χ1) is 18.2. The van der Waals surface area contributed by atoms with Crippen molar-refractivity contribution in [2.24, 2.45) is 4.99 Å². The van der Waals surface area contributed by atoms with Crippen molar-refractivity contribution in [1.82, 2.24) is 14.9 Å². The number of piperidine rings is 1. The summed E-state index contributed by atoms with van der Waals surface area (Å²) in [7, 11) is -3.72. The molecule has 0 bridgehead atoms. The van der Waals surface area contributed by atoms with Gasteiger partial charge in [0.2, 0.25) is 10.0 Å². The maximum absolute atomic E-state index is 13.0. The fourth-order valence-corrected chi connectivity index (χ4v) is 5.70. The largest absolute Gasteiger partial charge is 0.394 e. The van der Waals surface area contributed by atoms with Crippen molar-refractivity contribution in [1.29, 1.82) is 0 Å². The monoisotopic (exact) mass is 546 g/mol. The summed E-state index contributed by atoms with van der Waals surface area (Å²) in [5.41, 5.74) is 2.05. The normalized spacial score (nSPS) is 18.5. The Morgan fingerprint density at radius 3 is 2.71 bits per heavy atom. The molecule has 4 N–H and O–H groups in total. The summed E-state index contributed by atoms with van der Waals surface area (Å²) in [6, 6.07) is 11.8. The lowest BCUT2D eigenvalue weighted by Gasteiger charge is -2.34. The number of halogens is 1. The lowest BCUT2D eigenvalue weighted by Crippen LogP contribution is -2.50. The molecule has 2 aliphatic heterocycles. The molecule has 4 rings (SSSR count). The third kappa shape index (κ3) is 6.27. The number of carbonyl (C=O) groups excluding carboxylic acids is 1. The highest BCUT2D eigenvalue weighted by Crippen LogP contribution is 2.32. The summed E-state index contributed by atoms with van der Waals surface area (Å²) in [5, 5.41) is 25.3. The molecule has 2 aromatic rings. The van der Waals surface area contributed by atoms with Crippen molar-refractivity contribution >= 4 is 27.8 Å². The van der Waals surface area contributed by atoms with Crippen LogP contribution in [0.25, 0.3) is 6.08 Å². The highest BCUT2D eigenvalue weighted by atomic mass is 32.2. The topological polar surface area (TPSA) is 141 Å². The molecule has 2 aliphatic rings. The molecule has 1 atom stereocenters. The van der Waals surface area contributed by atoms with Crippen LogP contribution in [-0.2, 0) is 21.4 Å². The molecule has 0 radical (unpaired) electrons. The van der Waals surface area contributed by atoms with Gasteiger partial charge < -0.3 is 20.8 Å². The van der Waals surface area contributed by atoms with E-state index in [-0.39, 0.29) is 50.7 Å². The van der Waals surface area contributed by atoms with Crippen molar-refractivity contribution in [2.45, 2.75) is 38.0 Å². The van der Waals surface area contributed by atoms with Gasteiger partial charge in [0.1, 0.15) is 11.4 Å². The van der Waals surface area contributed by atoms with Crippen LogP contribution in [0.3, 0.4) is 0 Å². The molecule has 1 amide bonds. The summed E-state index contributed by atoms with van der Waals surface area (Å²) in [6.07, 6.45) is 1.18. The van der Waals surface area contributed by atoms with Crippen LogP contribution >= 0.6 is 0 Å². The fourth-order valence-electron chi connectivity index (χ4n) is 4.52. The summed E-state index contributed by atoms with van der Waals surface area (Å²) in [6.45, 7) is 2.61. The Bertz CT molecular complexity index is 1340. The van der Waals surface area contributed by atoms with Gasteiger partial charge in [0.05, 0.1) is 12.7 Å². The van der Waals surface area contributed by atoms with Gasteiger partial charge in [-0.25, -0.2) is 8.42 Å². The van der Waals surface area contributed by atoms with E-state index in [1.807, 2.05) is 25.1 Å². The molecule has 1 saturated heterocycles. The van der Waals surface area contributed by atoms with Crippen molar-refractivity contribution in [3.8, 4) is 5.75 Å². The zero-order valence-electron chi connectivity index (χ0n) is 20.9. The number of hydrogen-bond donors (Lipinski definition) is 4. The second-order valence-corrected chi connectivity index (χ2v) is 11.3. The molecule has 204 valence electrons. The Morgan fingerprint density at radius 1 is 1.26 bits per heavy atom. The van der Waals surface area contributed by atoms with E-state index in [1.165, 1.54) is 21.8 Å². The van der Waals surface area contributed by atoms with E-state index < -0.39 is 21.7 Å². The van der Waals surface area contributed by atoms with Gasteiger partial charge in [0.15, 0.2) is 5.75 Å². The number of aliphatic hydroxyl groups is 2. The minimum absolute atomic E-state index is 0.00692. The van der Waals surface area contributed by atoms with Crippen molar-refractivity contribution in [3.63, 3.8) is 0 Å². The maximum Gasteiger partial charge on any atom is 0.253 e. The molecule has 0 aliphatic carbocycles. The number of carbonyl (C=O) groups is 1. The molecule has 0 unspecified atom stereocenters. The van der Waals surface area contributed by atoms with Crippen molar-refractivity contribution in [2.75, 3.05) is 26.2 Å². The van der Waals surface area contributed by atoms with Gasteiger partial charge in [0.25, 0.3) is 5.91 Å². The lowest BCUT2D eigenvalue weighted by molar-refractivity contribution is -0.124. The first kappa shape index (κ1) is 27.9. The Labute approximate surface area is 220 Å². The Morgan fingerprint density at radius 2 is 2.03 bits per heavy atom. The van der Waals surface area contributed by atoms with Crippen LogP contribution in [0.4, 0.5) is 4.53 Å². The molecule has 10 nitrogen and oxygen atoms in total. The maximum atomic E-state index is 13.0. The van der Waals surface area contributed by atoms with Gasteiger partial charge in [-0.15, -0.1) is 0 Å². The second-order valence-electron chi connectivity index (χ2n) is 9.46. The van der Waals surface area contributed by atoms with Crippen molar-refractivity contribution in [3.05, 3.63) is 70.1 Å². The highest BCUT2D eigenvalue weighted by molar-refractivity contribution is 7.92. The van der Waals surface area contributed by atoms with E-state index in [0.717, 1.165) is 16.7 Å². The van der Waals surface area contributed by atoms with Gasteiger partial charge in [-0.05, 0) is 54.7 Å². The van der Waals surface area contributed by atoms with Crippen LogP contribution in [0.15, 0.2) is 52.9 Å². The number of aliphatic hydroxyl groups excluding tert-OH is 2. The summed E-state index contributed by atoms with van der Waals surface area (Å²) < 4.78 is 39.9. The summed E-state index contributed by atoms with van der Waals surface area (Å²) in [4.78, 5) is 21.1. The minimum atomic E-state index is -3.72. The van der Waals surface area contributed by atoms with Crippen LogP contribution in [-0.4, -0.2) is 72.6 Å². The average Bonchev–Trinajstić information content (AvgIpc) is 3.23. The second kappa shape index (κ2) is 11.7. The molecule has 1 fully saturated rings. The number of aliphatic imine (C=N–C) groups is 1. The van der Waals surface area contributed by atoms with E-state index in [1.54, 1.807) is 18.2 Å².